The van der Waals surface area contributed by atoms with Gasteiger partial charge >= 0.3 is 0 Å². The van der Waals surface area contributed by atoms with Gasteiger partial charge in [-0.2, -0.15) is 4.98 Å². The van der Waals surface area contributed by atoms with Crippen LogP contribution in [0.4, 0.5) is 0 Å². The minimum absolute atomic E-state index is 0.159. The summed E-state index contributed by atoms with van der Waals surface area (Å²) in [5.41, 5.74) is 0.781. The topological polar surface area (TPSA) is 86.5 Å². The Kier molecular flexibility index (Phi) is 5.93. The number of carbonyl (C=O) groups excluding carboxylic acids is 1. The van der Waals surface area contributed by atoms with E-state index >= 15 is 0 Å². The number of ether oxygens (including phenoxy) is 2. The van der Waals surface area contributed by atoms with E-state index in [9.17, 15) is 4.79 Å². The molecule has 0 aliphatic rings. The van der Waals surface area contributed by atoms with Crippen molar-refractivity contribution in [2.24, 2.45) is 0 Å². The number of nitrogens with one attached hydrogen (secondary N) is 1. The summed E-state index contributed by atoms with van der Waals surface area (Å²) in [5.74, 6) is 3.52. The third-order valence-corrected chi connectivity index (χ3v) is 4.38. The van der Waals surface area contributed by atoms with Crippen LogP contribution >= 0.6 is 0 Å². The monoisotopic (exact) mass is 415 g/mol. The molecule has 156 valence electrons. The molecule has 0 saturated heterocycles. The van der Waals surface area contributed by atoms with Crippen LogP contribution in [0.1, 0.15) is 25.8 Å². The predicted molar refractivity (Wildman–Crippen MR) is 115 cm³/mol. The minimum atomic E-state index is -0.352. The molecule has 4 rings (SSSR count). The van der Waals surface area contributed by atoms with E-state index in [1.165, 1.54) is 6.92 Å². The molecular weight excluding hydrogens is 394 g/mol. The summed E-state index contributed by atoms with van der Waals surface area (Å²) in [7, 11) is 0. The fraction of sp³-hybridized carbons (Fsp3) is 0.125. The number of amides is 1. The summed E-state index contributed by atoms with van der Waals surface area (Å²) in [5, 5.41) is 6.69. The van der Waals surface area contributed by atoms with Crippen LogP contribution in [0.2, 0.25) is 0 Å². The molecule has 3 aromatic carbocycles. The maximum absolute atomic E-state index is 11.2. The molecule has 0 fully saturated rings. The number of hydrogen-bond acceptors (Lipinski definition) is 6. The lowest BCUT2D eigenvalue weighted by molar-refractivity contribution is -0.119. The van der Waals surface area contributed by atoms with Gasteiger partial charge in [-0.3, -0.25) is 4.79 Å². The molecule has 1 heterocycles. The molecular formula is C24H21N3O4. The van der Waals surface area contributed by atoms with Gasteiger partial charge in [0.25, 0.3) is 0 Å². The van der Waals surface area contributed by atoms with Crippen LogP contribution in [0.15, 0.2) is 83.4 Å². The molecule has 0 bridgehead atoms. The Hall–Kier alpha value is -4.13. The smallest absolute Gasteiger partial charge is 0.249 e. The Morgan fingerprint density at radius 1 is 0.839 bits per heavy atom. The fourth-order valence-corrected chi connectivity index (χ4v) is 2.90. The highest BCUT2D eigenvalue weighted by Gasteiger charge is 2.16. The number of rotatable bonds is 7. The Morgan fingerprint density at radius 2 is 1.35 bits per heavy atom. The summed E-state index contributed by atoms with van der Waals surface area (Å²) in [4.78, 5) is 15.5. The molecule has 1 atom stereocenters. The molecule has 0 saturated carbocycles. The van der Waals surface area contributed by atoms with Crippen LogP contribution in [0, 0.1) is 0 Å². The van der Waals surface area contributed by atoms with Crippen LogP contribution in [-0.4, -0.2) is 16.0 Å². The van der Waals surface area contributed by atoms with Crippen molar-refractivity contribution in [3.8, 4) is 34.4 Å². The average molecular weight is 415 g/mol. The lowest BCUT2D eigenvalue weighted by Gasteiger charge is -2.08. The molecule has 1 aromatic heterocycles. The fourth-order valence-electron chi connectivity index (χ4n) is 2.90. The van der Waals surface area contributed by atoms with E-state index in [-0.39, 0.29) is 11.9 Å². The van der Waals surface area contributed by atoms with E-state index in [1.54, 1.807) is 6.92 Å². The van der Waals surface area contributed by atoms with E-state index in [2.05, 4.69) is 15.5 Å². The van der Waals surface area contributed by atoms with Crippen molar-refractivity contribution in [2.45, 2.75) is 19.9 Å². The van der Waals surface area contributed by atoms with Gasteiger partial charge < -0.3 is 19.3 Å². The number of para-hydroxylation sites is 1. The Morgan fingerprint density at radius 3 is 1.90 bits per heavy atom. The van der Waals surface area contributed by atoms with E-state index in [0.717, 1.165) is 17.1 Å². The van der Waals surface area contributed by atoms with Gasteiger partial charge in [0.05, 0.1) is 0 Å². The predicted octanol–water partition coefficient (Wildman–Crippen LogP) is 5.52. The zero-order chi connectivity index (χ0) is 21.6. The van der Waals surface area contributed by atoms with Crippen molar-refractivity contribution in [3.05, 3.63) is 84.8 Å². The molecule has 7 heteroatoms. The minimum Gasteiger partial charge on any atom is -0.457 e. The second-order valence-corrected chi connectivity index (χ2v) is 6.89. The van der Waals surface area contributed by atoms with Gasteiger partial charge in [-0.25, -0.2) is 0 Å². The zero-order valence-corrected chi connectivity index (χ0v) is 17.1. The van der Waals surface area contributed by atoms with Crippen molar-refractivity contribution in [2.75, 3.05) is 0 Å². The van der Waals surface area contributed by atoms with Crippen molar-refractivity contribution in [1.29, 1.82) is 0 Å². The molecule has 0 aliphatic heterocycles. The maximum atomic E-state index is 11.2. The number of hydrogen-bond donors (Lipinski definition) is 1. The number of aromatic nitrogens is 2. The average Bonchev–Trinajstić information content (AvgIpc) is 3.27. The van der Waals surface area contributed by atoms with Crippen molar-refractivity contribution >= 4 is 5.91 Å². The van der Waals surface area contributed by atoms with E-state index in [0.29, 0.717) is 23.2 Å². The van der Waals surface area contributed by atoms with Crippen LogP contribution in [0.5, 0.6) is 23.0 Å². The molecule has 4 aromatic rings. The van der Waals surface area contributed by atoms with Gasteiger partial charge in [0.2, 0.25) is 17.6 Å². The van der Waals surface area contributed by atoms with Gasteiger partial charge in [-0.1, -0.05) is 23.4 Å². The first-order valence-corrected chi connectivity index (χ1v) is 9.79. The van der Waals surface area contributed by atoms with E-state index < -0.39 is 0 Å². The third-order valence-electron chi connectivity index (χ3n) is 4.38. The van der Waals surface area contributed by atoms with Gasteiger partial charge in [0.15, 0.2) is 0 Å². The normalized spacial score (nSPS) is 11.5. The summed E-state index contributed by atoms with van der Waals surface area (Å²) >= 11 is 0. The van der Waals surface area contributed by atoms with Crippen LogP contribution in [0.3, 0.4) is 0 Å². The first kappa shape index (κ1) is 20.2. The zero-order valence-electron chi connectivity index (χ0n) is 17.1. The second-order valence-electron chi connectivity index (χ2n) is 6.89. The first-order valence-electron chi connectivity index (χ1n) is 9.79. The summed E-state index contributed by atoms with van der Waals surface area (Å²) < 4.78 is 16.9. The molecule has 1 amide bonds. The lowest BCUT2D eigenvalue weighted by atomic mass is 10.2. The van der Waals surface area contributed by atoms with Crippen molar-refractivity contribution < 1.29 is 18.8 Å². The van der Waals surface area contributed by atoms with Crippen LogP contribution < -0.4 is 14.8 Å². The van der Waals surface area contributed by atoms with Crippen LogP contribution in [0.25, 0.3) is 11.4 Å². The summed E-state index contributed by atoms with van der Waals surface area (Å²) in [6, 6.07) is 24.0. The third kappa shape index (κ3) is 5.27. The summed E-state index contributed by atoms with van der Waals surface area (Å²) in [6.45, 7) is 3.22. The molecule has 1 N–H and O–H groups in total. The van der Waals surface area contributed by atoms with Crippen molar-refractivity contribution in [3.63, 3.8) is 0 Å². The van der Waals surface area contributed by atoms with Gasteiger partial charge in [-0.05, 0) is 67.6 Å². The number of nitrogens with zero attached hydrogens (tertiary/aromatic N) is 2. The quantitative estimate of drug-likeness (QED) is 0.428. The highest BCUT2D eigenvalue weighted by molar-refractivity contribution is 5.73. The van der Waals surface area contributed by atoms with Gasteiger partial charge in [0, 0.05) is 12.5 Å². The summed E-state index contributed by atoms with van der Waals surface area (Å²) in [6.07, 6.45) is 0. The van der Waals surface area contributed by atoms with Crippen molar-refractivity contribution in [1.82, 2.24) is 15.5 Å². The lowest BCUT2D eigenvalue weighted by Crippen LogP contribution is -2.23. The maximum Gasteiger partial charge on any atom is 0.249 e. The largest absolute Gasteiger partial charge is 0.457 e. The SMILES string of the molecule is CC(=O)N[C@@H](C)c1nc(-c2ccc(Oc3ccc(Oc4ccccc4)cc3)cc2)no1. The van der Waals surface area contributed by atoms with Gasteiger partial charge in [-0.15, -0.1) is 0 Å². The highest BCUT2D eigenvalue weighted by Crippen LogP contribution is 2.28. The van der Waals surface area contributed by atoms with Crippen LogP contribution in [-0.2, 0) is 4.79 Å². The Balaban J connectivity index is 1.38. The number of carbonyl (C=O) groups is 1. The van der Waals surface area contributed by atoms with Gasteiger partial charge in [0.1, 0.15) is 29.0 Å². The number of benzene rings is 3. The molecule has 31 heavy (non-hydrogen) atoms. The van der Waals surface area contributed by atoms with E-state index in [4.69, 9.17) is 14.0 Å². The molecule has 0 spiro atoms. The Bertz CT molecular complexity index is 1140. The van der Waals surface area contributed by atoms with E-state index in [1.807, 2.05) is 78.9 Å². The molecule has 0 aliphatic carbocycles. The highest BCUT2D eigenvalue weighted by atomic mass is 16.5. The second kappa shape index (κ2) is 9.13. The standard InChI is InChI=1S/C24H21N3O4/c1-16(25-17(2)28)24-26-23(27-31-24)18-8-10-20(11-9-18)30-22-14-12-21(13-15-22)29-19-6-4-3-5-7-19/h3-16H,1-2H3,(H,25,28)/t16-/m0/s1. The molecule has 7 nitrogen and oxygen atoms in total. The Labute approximate surface area is 179 Å². The molecule has 0 radical (unpaired) electrons. The first-order chi connectivity index (χ1) is 15.1. The molecule has 0 unspecified atom stereocenters.